The molecule has 0 saturated carbocycles. The lowest BCUT2D eigenvalue weighted by atomic mass is 10.2. The minimum absolute atomic E-state index is 0.0833. The van der Waals surface area contributed by atoms with E-state index in [-0.39, 0.29) is 47.0 Å². The molecular formula is C22H23Cl2N3O4S. The van der Waals surface area contributed by atoms with Gasteiger partial charge in [-0.3, -0.25) is 4.79 Å². The highest BCUT2D eigenvalue weighted by Crippen LogP contribution is 2.32. The van der Waals surface area contributed by atoms with Crippen LogP contribution in [0.2, 0.25) is 10.0 Å². The zero-order valence-corrected chi connectivity index (χ0v) is 20.0. The molecule has 170 valence electrons. The van der Waals surface area contributed by atoms with E-state index in [1.165, 1.54) is 16.4 Å². The molecule has 1 aliphatic heterocycles. The number of aromatic nitrogens is 1. The number of benzene rings is 1. The molecule has 0 atom stereocenters. The fourth-order valence-corrected chi connectivity index (χ4v) is 6.49. The maximum atomic E-state index is 13.2. The molecule has 1 aliphatic rings. The van der Waals surface area contributed by atoms with Crippen molar-refractivity contribution in [3.8, 4) is 0 Å². The van der Waals surface area contributed by atoms with E-state index in [0.29, 0.717) is 12.1 Å². The predicted octanol–water partition coefficient (Wildman–Crippen LogP) is 4.20. The summed E-state index contributed by atoms with van der Waals surface area (Å²) in [5, 5.41) is 0.167. The fourth-order valence-electron chi connectivity index (χ4n) is 3.98. The van der Waals surface area contributed by atoms with Crippen LogP contribution in [0.15, 0.2) is 52.0 Å². The van der Waals surface area contributed by atoms with Crippen molar-refractivity contribution in [1.82, 2.24) is 13.8 Å². The van der Waals surface area contributed by atoms with Gasteiger partial charge in [-0.15, -0.1) is 0 Å². The summed E-state index contributed by atoms with van der Waals surface area (Å²) in [4.78, 5) is 14.8. The molecule has 2 aromatic heterocycles. The van der Waals surface area contributed by atoms with E-state index >= 15 is 0 Å². The SMILES string of the molecule is Cc1cc(C(=O)N2CCN(S(=O)(=O)c3c(Cl)cccc3Cl)CC2)c(C)n1Cc1ccco1. The molecule has 0 aliphatic carbocycles. The van der Waals surface area contributed by atoms with Crippen LogP contribution in [0.4, 0.5) is 0 Å². The van der Waals surface area contributed by atoms with Crippen LogP contribution in [0.25, 0.3) is 0 Å². The van der Waals surface area contributed by atoms with Crippen molar-refractivity contribution >= 4 is 39.1 Å². The molecule has 0 N–H and O–H groups in total. The molecule has 32 heavy (non-hydrogen) atoms. The Labute approximate surface area is 197 Å². The van der Waals surface area contributed by atoms with Crippen LogP contribution in [0.1, 0.15) is 27.5 Å². The zero-order chi connectivity index (χ0) is 23.0. The van der Waals surface area contributed by atoms with Crippen LogP contribution in [-0.4, -0.2) is 54.3 Å². The van der Waals surface area contributed by atoms with Crippen LogP contribution >= 0.6 is 23.2 Å². The van der Waals surface area contributed by atoms with Crippen molar-refractivity contribution < 1.29 is 17.6 Å². The van der Waals surface area contributed by atoms with Gasteiger partial charge in [0.2, 0.25) is 10.0 Å². The van der Waals surface area contributed by atoms with E-state index in [1.807, 2.05) is 36.6 Å². The lowest BCUT2D eigenvalue weighted by molar-refractivity contribution is 0.0697. The number of carbonyl (C=O) groups excluding carboxylic acids is 1. The molecule has 10 heteroatoms. The molecule has 0 bridgehead atoms. The van der Waals surface area contributed by atoms with Gasteiger partial charge < -0.3 is 13.9 Å². The van der Waals surface area contributed by atoms with E-state index < -0.39 is 10.0 Å². The standard InChI is InChI=1S/C22H23Cl2N3O4S/c1-15-13-18(16(2)27(15)14-17-5-4-12-31-17)22(28)25-8-10-26(11-9-25)32(29,30)21-19(23)6-3-7-20(21)24/h3-7,12-13H,8-11,14H2,1-2H3. The molecule has 1 saturated heterocycles. The van der Waals surface area contributed by atoms with Crippen LogP contribution < -0.4 is 0 Å². The van der Waals surface area contributed by atoms with Gasteiger partial charge >= 0.3 is 0 Å². The molecular weight excluding hydrogens is 473 g/mol. The molecule has 0 radical (unpaired) electrons. The Bertz CT molecular complexity index is 1220. The Morgan fingerprint density at radius 3 is 2.28 bits per heavy atom. The van der Waals surface area contributed by atoms with Gasteiger partial charge in [-0.25, -0.2) is 8.42 Å². The maximum absolute atomic E-state index is 13.2. The van der Waals surface area contributed by atoms with Gasteiger partial charge in [0.1, 0.15) is 10.7 Å². The topological polar surface area (TPSA) is 75.8 Å². The van der Waals surface area contributed by atoms with Gasteiger partial charge in [-0.05, 0) is 44.2 Å². The van der Waals surface area contributed by atoms with Crippen LogP contribution in [0, 0.1) is 13.8 Å². The third-order valence-electron chi connectivity index (χ3n) is 5.74. The summed E-state index contributed by atoms with van der Waals surface area (Å²) in [5.41, 5.74) is 2.41. The predicted molar refractivity (Wildman–Crippen MR) is 123 cm³/mol. The quantitative estimate of drug-likeness (QED) is 0.531. The van der Waals surface area contributed by atoms with E-state index in [2.05, 4.69) is 0 Å². The Kier molecular flexibility index (Phi) is 6.40. The second-order valence-electron chi connectivity index (χ2n) is 7.70. The van der Waals surface area contributed by atoms with Crippen molar-refractivity contribution in [1.29, 1.82) is 0 Å². The number of carbonyl (C=O) groups is 1. The molecule has 1 aromatic carbocycles. The average molecular weight is 496 g/mol. The first-order valence-corrected chi connectivity index (χ1v) is 12.3. The van der Waals surface area contributed by atoms with E-state index in [0.717, 1.165) is 17.1 Å². The number of aryl methyl sites for hydroxylation is 1. The van der Waals surface area contributed by atoms with Crippen LogP contribution in [0.3, 0.4) is 0 Å². The lowest BCUT2D eigenvalue weighted by Gasteiger charge is -2.34. The van der Waals surface area contributed by atoms with Gasteiger partial charge in [-0.1, -0.05) is 29.3 Å². The van der Waals surface area contributed by atoms with Crippen molar-refractivity contribution in [2.75, 3.05) is 26.2 Å². The minimum Gasteiger partial charge on any atom is -0.467 e. The Morgan fingerprint density at radius 2 is 1.69 bits per heavy atom. The van der Waals surface area contributed by atoms with Gasteiger partial charge in [0.15, 0.2) is 0 Å². The number of halogens is 2. The van der Waals surface area contributed by atoms with Gasteiger partial charge in [-0.2, -0.15) is 4.31 Å². The first kappa shape index (κ1) is 22.9. The van der Waals surface area contributed by atoms with Gasteiger partial charge in [0, 0.05) is 37.6 Å². The molecule has 3 aromatic rings. The van der Waals surface area contributed by atoms with Crippen LogP contribution in [-0.2, 0) is 16.6 Å². The molecule has 1 fully saturated rings. The summed E-state index contributed by atoms with van der Waals surface area (Å²) in [7, 11) is -3.86. The highest BCUT2D eigenvalue weighted by atomic mass is 35.5. The van der Waals surface area contributed by atoms with E-state index in [1.54, 1.807) is 17.2 Å². The second-order valence-corrected chi connectivity index (χ2v) is 10.4. The van der Waals surface area contributed by atoms with Crippen molar-refractivity contribution in [2.24, 2.45) is 0 Å². The van der Waals surface area contributed by atoms with Crippen molar-refractivity contribution in [2.45, 2.75) is 25.3 Å². The fraction of sp³-hybridized carbons (Fsp3) is 0.318. The number of rotatable bonds is 5. The summed E-state index contributed by atoms with van der Waals surface area (Å²) in [6, 6.07) is 10.2. The average Bonchev–Trinajstić information content (AvgIpc) is 3.37. The van der Waals surface area contributed by atoms with Crippen molar-refractivity contribution in [3.63, 3.8) is 0 Å². The monoisotopic (exact) mass is 495 g/mol. The molecule has 3 heterocycles. The molecule has 4 rings (SSSR count). The first-order chi connectivity index (χ1) is 15.2. The third kappa shape index (κ3) is 4.20. The second kappa shape index (κ2) is 8.94. The zero-order valence-electron chi connectivity index (χ0n) is 17.7. The Balaban J connectivity index is 1.49. The first-order valence-electron chi connectivity index (χ1n) is 10.1. The summed E-state index contributed by atoms with van der Waals surface area (Å²) >= 11 is 12.2. The summed E-state index contributed by atoms with van der Waals surface area (Å²) in [6.45, 7) is 5.29. The minimum atomic E-state index is -3.86. The number of sulfonamides is 1. The smallest absolute Gasteiger partial charge is 0.255 e. The largest absolute Gasteiger partial charge is 0.467 e. The number of piperazine rings is 1. The van der Waals surface area contributed by atoms with Gasteiger partial charge in [0.05, 0.1) is 28.4 Å². The highest BCUT2D eigenvalue weighted by molar-refractivity contribution is 7.89. The van der Waals surface area contributed by atoms with Crippen molar-refractivity contribution in [3.05, 3.63) is 75.4 Å². The molecule has 0 spiro atoms. The lowest BCUT2D eigenvalue weighted by Crippen LogP contribution is -2.50. The number of hydrogen-bond acceptors (Lipinski definition) is 4. The third-order valence-corrected chi connectivity index (χ3v) is 8.60. The van der Waals surface area contributed by atoms with Crippen LogP contribution in [0.5, 0.6) is 0 Å². The van der Waals surface area contributed by atoms with E-state index in [4.69, 9.17) is 27.6 Å². The number of hydrogen-bond donors (Lipinski definition) is 0. The molecule has 0 unspecified atom stereocenters. The number of furan rings is 1. The highest BCUT2D eigenvalue weighted by Gasteiger charge is 2.33. The maximum Gasteiger partial charge on any atom is 0.255 e. The molecule has 7 nitrogen and oxygen atoms in total. The van der Waals surface area contributed by atoms with E-state index in [9.17, 15) is 13.2 Å². The summed E-state index contributed by atoms with van der Waals surface area (Å²) < 4.78 is 34.9. The normalized spacial score (nSPS) is 15.3. The number of nitrogens with zero attached hydrogens (tertiary/aromatic N) is 3. The molecule has 1 amide bonds. The summed E-state index contributed by atoms with van der Waals surface area (Å²) in [6.07, 6.45) is 1.62. The Hall–Kier alpha value is -2.26. The Morgan fingerprint density at radius 1 is 1.03 bits per heavy atom. The number of amides is 1. The summed E-state index contributed by atoms with van der Waals surface area (Å²) in [5.74, 6) is 0.694. The van der Waals surface area contributed by atoms with Gasteiger partial charge in [0.25, 0.3) is 5.91 Å².